The summed E-state index contributed by atoms with van der Waals surface area (Å²) in [6.45, 7) is 2.03. The third-order valence-corrected chi connectivity index (χ3v) is 6.10. The van der Waals surface area contributed by atoms with Crippen molar-refractivity contribution in [1.29, 1.82) is 0 Å². The van der Waals surface area contributed by atoms with Crippen LogP contribution in [0.1, 0.15) is 48.1 Å². The molecule has 2 unspecified atom stereocenters. The Morgan fingerprint density at radius 3 is 2.73 bits per heavy atom. The first-order valence-corrected chi connectivity index (χ1v) is 10.8. The maximum Gasteiger partial charge on any atom is 0.416 e. The van der Waals surface area contributed by atoms with Crippen molar-refractivity contribution in [3.8, 4) is 0 Å². The molecule has 2 N–H and O–H groups in total. The van der Waals surface area contributed by atoms with Gasteiger partial charge in [-0.2, -0.15) is 13.2 Å². The standard InChI is InChI=1S/C24H24F3N3O3/c1-14(16-5-7-20-17(10-16)6-8-21(31)29-20)28-23(33)18-11-22(32)30(13-18)12-15-3-2-4-19(9-15)24(25,26)27/h2-5,7,9-10,14,18H,6,8,11-13H2,1H3,(H,28,33)(H,29,31). The second-order valence-electron chi connectivity index (χ2n) is 8.57. The first kappa shape index (κ1) is 22.8. The van der Waals surface area contributed by atoms with Gasteiger partial charge in [-0.25, -0.2) is 0 Å². The maximum absolute atomic E-state index is 12.9. The summed E-state index contributed by atoms with van der Waals surface area (Å²) in [5, 5.41) is 5.75. The van der Waals surface area contributed by atoms with Gasteiger partial charge in [0.2, 0.25) is 17.7 Å². The van der Waals surface area contributed by atoms with Gasteiger partial charge >= 0.3 is 6.18 Å². The third kappa shape index (κ3) is 5.18. The van der Waals surface area contributed by atoms with Crippen LogP contribution in [0.25, 0.3) is 0 Å². The summed E-state index contributed by atoms with van der Waals surface area (Å²) in [4.78, 5) is 38.1. The molecule has 33 heavy (non-hydrogen) atoms. The highest BCUT2D eigenvalue weighted by Crippen LogP contribution is 2.31. The summed E-state index contributed by atoms with van der Waals surface area (Å²) < 4.78 is 38.8. The van der Waals surface area contributed by atoms with Gasteiger partial charge in [0.05, 0.1) is 17.5 Å². The Morgan fingerprint density at radius 2 is 1.97 bits per heavy atom. The van der Waals surface area contributed by atoms with Gasteiger partial charge in [0.25, 0.3) is 0 Å². The molecular weight excluding hydrogens is 435 g/mol. The number of benzene rings is 2. The van der Waals surface area contributed by atoms with E-state index in [9.17, 15) is 27.6 Å². The molecule has 0 radical (unpaired) electrons. The van der Waals surface area contributed by atoms with E-state index in [1.165, 1.54) is 17.0 Å². The molecule has 3 amide bonds. The summed E-state index contributed by atoms with van der Waals surface area (Å²) >= 11 is 0. The van der Waals surface area contributed by atoms with E-state index in [1.807, 2.05) is 25.1 Å². The summed E-state index contributed by atoms with van der Waals surface area (Å²) in [6.07, 6.45) is -3.38. The highest BCUT2D eigenvalue weighted by molar-refractivity contribution is 5.94. The van der Waals surface area contributed by atoms with Crippen LogP contribution in [0.4, 0.5) is 18.9 Å². The van der Waals surface area contributed by atoms with Gasteiger partial charge < -0.3 is 15.5 Å². The minimum absolute atomic E-state index is 0.0165. The van der Waals surface area contributed by atoms with E-state index >= 15 is 0 Å². The normalized spacial score (nSPS) is 19.2. The van der Waals surface area contributed by atoms with E-state index in [-0.39, 0.29) is 43.3 Å². The van der Waals surface area contributed by atoms with Gasteiger partial charge in [0.1, 0.15) is 0 Å². The quantitative estimate of drug-likeness (QED) is 0.714. The van der Waals surface area contributed by atoms with Crippen LogP contribution < -0.4 is 10.6 Å². The minimum atomic E-state index is -4.45. The molecular formula is C24H24F3N3O3. The van der Waals surface area contributed by atoms with Crippen molar-refractivity contribution in [1.82, 2.24) is 10.2 Å². The van der Waals surface area contributed by atoms with E-state index in [4.69, 9.17) is 0 Å². The van der Waals surface area contributed by atoms with Crippen LogP contribution >= 0.6 is 0 Å². The number of nitrogens with zero attached hydrogens (tertiary/aromatic N) is 1. The molecule has 0 saturated carbocycles. The highest BCUT2D eigenvalue weighted by atomic mass is 19.4. The Kier molecular flexibility index (Phi) is 6.14. The number of nitrogens with one attached hydrogen (secondary N) is 2. The van der Waals surface area contributed by atoms with E-state index < -0.39 is 17.7 Å². The molecule has 2 aromatic carbocycles. The van der Waals surface area contributed by atoms with Crippen molar-refractivity contribution in [2.75, 3.05) is 11.9 Å². The van der Waals surface area contributed by atoms with Crippen LogP contribution in [0.15, 0.2) is 42.5 Å². The number of alkyl halides is 3. The van der Waals surface area contributed by atoms with Gasteiger partial charge in [-0.15, -0.1) is 0 Å². The number of rotatable bonds is 5. The SMILES string of the molecule is CC(NC(=O)C1CC(=O)N(Cc2cccc(C(F)(F)F)c2)C1)c1ccc2c(c1)CCC(=O)N2. The smallest absolute Gasteiger partial charge is 0.349 e. The number of hydrogen-bond acceptors (Lipinski definition) is 3. The second kappa shape index (κ2) is 8.88. The Hall–Kier alpha value is -3.36. The van der Waals surface area contributed by atoms with Crippen LogP contribution in [-0.2, 0) is 33.5 Å². The zero-order valence-corrected chi connectivity index (χ0v) is 18.0. The van der Waals surface area contributed by atoms with Crippen LogP contribution in [0, 0.1) is 5.92 Å². The molecule has 2 aromatic rings. The molecule has 0 aromatic heterocycles. The first-order valence-electron chi connectivity index (χ1n) is 10.8. The number of amides is 3. The fourth-order valence-electron chi connectivity index (χ4n) is 4.25. The number of likely N-dealkylation sites (tertiary alicyclic amines) is 1. The summed E-state index contributed by atoms with van der Waals surface area (Å²) in [5.41, 5.74) is 2.29. The molecule has 174 valence electrons. The number of carbonyl (C=O) groups is 3. The van der Waals surface area contributed by atoms with Crippen molar-refractivity contribution in [3.05, 3.63) is 64.7 Å². The predicted octanol–water partition coefficient (Wildman–Crippen LogP) is 3.82. The van der Waals surface area contributed by atoms with Crippen molar-refractivity contribution in [2.45, 2.75) is 44.9 Å². The number of aryl methyl sites for hydroxylation is 1. The van der Waals surface area contributed by atoms with E-state index in [1.54, 1.807) is 0 Å². The molecule has 2 aliphatic heterocycles. The number of carbonyl (C=O) groups excluding carboxylic acids is 3. The lowest BCUT2D eigenvalue weighted by atomic mass is 9.97. The van der Waals surface area contributed by atoms with E-state index in [0.29, 0.717) is 18.4 Å². The molecule has 2 aliphatic rings. The largest absolute Gasteiger partial charge is 0.416 e. The summed E-state index contributed by atoms with van der Waals surface area (Å²) in [5.74, 6) is -1.11. The van der Waals surface area contributed by atoms with Crippen molar-refractivity contribution in [2.24, 2.45) is 5.92 Å². The lowest BCUT2D eigenvalue weighted by molar-refractivity contribution is -0.137. The fourth-order valence-corrected chi connectivity index (χ4v) is 4.25. The average molecular weight is 459 g/mol. The molecule has 0 aliphatic carbocycles. The van der Waals surface area contributed by atoms with Crippen molar-refractivity contribution < 1.29 is 27.6 Å². The van der Waals surface area contributed by atoms with Crippen LogP contribution in [0.2, 0.25) is 0 Å². The van der Waals surface area contributed by atoms with Gasteiger partial charge in [-0.3, -0.25) is 14.4 Å². The van der Waals surface area contributed by atoms with E-state index in [2.05, 4.69) is 10.6 Å². The summed E-state index contributed by atoms with van der Waals surface area (Å²) in [7, 11) is 0. The average Bonchev–Trinajstić information content (AvgIpc) is 3.13. The van der Waals surface area contributed by atoms with E-state index in [0.717, 1.165) is 28.9 Å². The van der Waals surface area contributed by atoms with Crippen LogP contribution in [-0.4, -0.2) is 29.2 Å². The molecule has 4 rings (SSSR count). The maximum atomic E-state index is 12.9. The lowest BCUT2D eigenvalue weighted by Gasteiger charge is -2.22. The fraction of sp³-hybridized carbons (Fsp3) is 0.375. The second-order valence-corrected chi connectivity index (χ2v) is 8.57. The monoisotopic (exact) mass is 459 g/mol. The van der Waals surface area contributed by atoms with Gasteiger partial charge in [0.15, 0.2) is 0 Å². The minimum Gasteiger partial charge on any atom is -0.349 e. The number of anilines is 1. The van der Waals surface area contributed by atoms with Gasteiger partial charge in [0, 0.05) is 31.6 Å². The molecule has 1 fully saturated rings. The molecule has 9 heteroatoms. The van der Waals surface area contributed by atoms with Gasteiger partial charge in [-0.1, -0.05) is 24.3 Å². The topological polar surface area (TPSA) is 78.5 Å². The zero-order chi connectivity index (χ0) is 23.8. The number of fused-ring (bicyclic) bond motifs is 1. The third-order valence-electron chi connectivity index (χ3n) is 6.10. The highest BCUT2D eigenvalue weighted by Gasteiger charge is 2.35. The first-order chi connectivity index (χ1) is 15.6. The molecule has 2 atom stereocenters. The van der Waals surface area contributed by atoms with Gasteiger partial charge in [-0.05, 0) is 48.2 Å². The lowest BCUT2D eigenvalue weighted by Crippen LogP contribution is -2.34. The Morgan fingerprint density at radius 1 is 1.18 bits per heavy atom. The predicted molar refractivity (Wildman–Crippen MR) is 115 cm³/mol. The molecule has 1 saturated heterocycles. The number of hydrogen-bond donors (Lipinski definition) is 2. The van der Waals surface area contributed by atoms with Crippen molar-refractivity contribution >= 4 is 23.4 Å². The molecule has 0 bridgehead atoms. The molecule has 6 nitrogen and oxygen atoms in total. The Balaban J connectivity index is 1.37. The summed E-state index contributed by atoms with van der Waals surface area (Å²) in [6, 6.07) is 10.2. The van der Waals surface area contributed by atoms with Crippen LogP contribution in [0.5, 0.6) is 0 Å². The molecule has 0 spiro atoms. The molecule has 2 heterocycles. The Bertz CT molecular complexity index is 1100. The van der Waals surface area contributed by atoms with Crippen molar-refractivity contribution in [3.63, 3.8) is 0 Å². The Labute approximate surface area is 189 Å². The van der Waals surface area contributed by atoms with Crippen LogP contribution in [0.3, 0.4) is 0 Å². The zero-order valence-electron chi connectivity index (χ0n) is 18.0. The number of halogens is 3.